The lowest BCUT2D eigenvalue weighted by Gasteiger charge is -2.34. The standard InChI is InChI=1S/C19H23N3O4S/c1-13(23)21-6-8-22(9-7-21)18(24)11-15-12-27-19(20-15)14-4-5-16(25-2)17(10-14)26-3/h4-5,10,12H,6-9,11H2,1-3H3. The summed E-state index contributed by atoms with van der Waals surface area (Å²) in [6.45, 7) is 3.89. The van der Waals surface area contributed by atoms with Crippen molar-refractivity contribution in [1.82, 2.24) is 14.8 Å². The Balaban J connectivity index is 1.64. The molecule has 1 fully saturated rings. The normalized spacial score (nSPS) is 14.2. The van der Waals surface area contributed by atoms with Crippen molar-refractivity contribution in [1.29, 1.82) is 0 Å². The Bertz CT molecular complexity index is 828. The van der Waals surface area contributed by atoms with Crippen molar-refractivity contribution in [3.05, 3.63) is 29.3 Å². The van der Waals surface area contributed by atoms with Crippen LogP contribution in [0.2, 0.25) is 0 Å². The van der Waals surface area contributed by atoms with Gasteiger partial charge in [-0.05, 0) is 18.2 Å². The van der Waals surface area contributed by atoms with E-state index in [4.69, 9.17) is 9.47 Å². The highest BCUT2D eigenvalue weighted by atomic mass is 32.1. The predicted octanol–water partition coefficient (Wildman–Crippen LogP) is 2.06. The van der Waals surface area contributed by atoms with Crippen molar-refractivity contribution in [3.8, 4) is 22.1 Å². The minimum Gasteiger partial charge on any atom is -0.493 e. The lowest BCUT2D eigenvalue weighted by atomic mass is 10.2. The number of rotatable bonds is 5. The van der Waals surface area contributed by atoms with E-state index in [9.17, 15) is 9.59 Å². The molecular formula is C19H23N3O4S. The monoisotopic (exact) mass is 389 g/mol. The van der Waals surface area contributed by atoms with Gasteiger partial charge in [0, 0.05) is 44.0 Å². The molecule has 0 atom stereocenters. The summed E-state index contributed by atoms with van der Waals surface area (Å²) >= 11 is 1.50. The summed E-state index contributed by atoms with van der Waals surface area (Å²) < 4.78 is 10.6. The first kappa shape index (κ1) is 19.2. The fourth-order valence-corrected chi connectivity index (χ4v) is 3.84. The number of carbonyl (C=O) groups is 2. The number of hydrogen-bond donors (Lipinski definition) is 0. The van der Waals surface area contributed by atoms with Crippen LogP contribution < -0.4 is 9.47 Å². The second kappa shape index (κ2) is 8.39. The van der Waals surface area contributed by atoms with Gasteiger partial charge in [0.25, 0.3) is 0 Å². The minimum absolute atomic E-state index is 0.0439. The van der Waals surface area contributed by atoms with Crippen LogP contribution in [0.1, 0.15) is 12.6 Å². The number of methoxy groups -OCH3 is 2. The number of ether oxygens (including phenoxy) is 2. The number of benzene rings is 1. The van der Waals surface area contributed by atoms with Gasteiger partial charge < -0.3 is 19.3 Å². The molecule has 0 spiro atoms. The van der Waals surface area contributed by atoms with Crippen LogP contribution in [0.3, 0.4) is 0 Å². The van der Waals surface area contributed by atoms with Crippen molar-refractivity contribution in [2.75, 3.05) is 40.4 Å². The van der Waals surface area contributed by atoms with E-state index in [0.717, 1.165) is 16.3 Å². The molecule has 0 bridgehead atoms. The van der Waals surface area contributed by atoms with E-state index in [1.165, 1.54) is 11.3 Å². The summed E-state index contributed by atoms with van der Waals surface area (Å²) in [7, 11) is 3.19. The van der Waals surface area contributed by atoms with Gasteiger partial charge in [0.05, 0.1) is 26.3 Å². The molecule has 1 aliphatic rings. The second-order valence-electron chi connectivity index (χ2n) is 6.28. The molecule has 1 aromatic carbocycles. The molecule has 0 N–H and O–H groups in total. The second-order valence-corrected chi connectivity index (χ2v) is 7.14. The quantitative estimate of drug-likeness (QED) is 0.783. The van der Waals surface area contributed by atoms with Crippen molar-refractivity contribution in [2.45, 2.75) is 13.3 Å². The van der Waals surface area contributed by atoms with Gasteiger partial charge in [0.1, 0.15) is 5.01 Å². The van der Waals surface area contributed by atoms with Gasteiger partial charge in [-0.2, -0.15) is 0 Å². The van der Waals surface area contributed by atoms with Gasteiger partial charge >= 0.3 is 0 Å². The molecule has 2 heterocycles. The van der Waals surface area contributed by atoms with Crippen molar-refractivity contribution >= 4 is 23.2 Å². The van der Waals surface area contributed by atoms with Gasteiger partial charge in [-0.15, -0.1) is 11.3 Å². The smallest absolute Gasteiger partial charge is 0.228 e. The van der Waals surface area contributed by atoms with E-state index in [-0.39, 0.29) is 18.2 Å². The van der Waals surface area contributed by atoms with Crippen molar-refractivity contribution < 1.29 is 19.1 Å². The number of nitrogens with zero attached hydrogens (tertiary/aromatic N) is 3. The van der Waals surface area contributed by atoms with E-state index >= 15 is 0 Å². The molecule has 0 aliphatic carbocycles. The Hall–Kier alpha value is -2.61. The van der Waals surface area contributed by atoms with E-state index in [0.29, 0.717) is 37.7 Å². The summed E-state index contributed by atoms with van der Waals surface area (Å²) in [5.41, 5.74) is 1.68. The fourth-order valence-electron chi connectivity index (χ4n) is 3.03. The summed E-state index contributed by atoms with van der Waals surface area (Å²) in [6.07, 6.45) is 0.268. The minimum atomic E-state index is 0.0439. The average molecular weight is 389 g/mol. The molecule has 1 saturated heterocycles. The molecular weight excluding hydrogens is 366 g/mol. The Labute approximate surface area is 162 Å². The zero-order chi connectivity index (χ0) is 19.4. The lowest BCUT2D eigenvalue weighted by Crippen LogP contribution is -2.50. The molecule has 27 heavy (non-hydrogen) atoms. The van der Waals surface area contributed by atoms with Crippen LogP contribution in [0.15, 0.2) is 23.6 Å². The molecule has 1 aromatic heterocycles. The predicted molar refractivity (Wildman–Crippen MR) is 103 cm³/mol. The molecule has 0 saturated carbocycles. The topological polar surface area (TPSA) is 72.0 Å². The first-order chi connectivity index (χ1) is 13.0. The molecule has 3 rings (SSSR count). The maximum atomic E-state index is 12.5. The fraction of sp³-hybridized carbons (Fsp3) is 0.421. The molecule has 8 heteroatoms. The van der Waals surface area contributed by atoms with Crippen LogP contribution in [0, 0.1) is 0 Å². The number of thiazole rings is 1. The zero-order valence-corrected chi connectivity index (χ0v) is 16.5. The third-order valence-electron chi connectivity index (χ3n) is 4.59. The number of aromatic nitrogens is 1. The van der Waals surface area contributed by atoms with Gasteiger partial charge in [-0.1, -0.05) is 0 Å². The van der Waals surface area contributed by atoms with Gasteiger partial charge in [0.15, 0.2) is 11.5 Å². The third kappa shape index (κ3) is 4.39. The first-order valence-corrected chi connectivity index (χ1v) is 9.60. The van der Waals surface area contributed by atoms with Gasteiger partial charge in [-0.3, -0.25) is 9.59 Å². The Morgan fingerprint density at radius 2 is 1.74 bits per heavy atom. The van der Waals surface area contributed by atoms with Crippen molar-refractivity contribution in [2.24, 2.45) is 0 Å². The van der Waals surface area contributed by atoms with Crippen LogP contribution in [0.4, 0.5) is 0 Å². The highest BCUT2D eigenvalue weighted by molar-refractivity contribution is 7.13. The van der Waals surface area contributed by atoms with E-state index < -0.39 is 0 Å². The molecule has 2 amide bonds. The Kier molecular flexibility index (Phi) is 5.95. The molecule has 144 valence electrons. The lowest BCUT2D eigenvalue weighted by molar-refractivity contribution is -0.138. The first-order valence-electron chi connectivity index (χ1n) is 8.72. The van der Waals surface area contributed by atoms with Gasteiger partial charge in [-0.25, -0.2) is 4.98 Å². The molecule has 0 radical (unpaired) electrons. The summed E-state index contributed by atoms with van der Waals surface area (Å²) in [5, 5.41) is 2.75. The summed E-state index contributed by atoms with van der Waals surface area (Å²) in [6, 6.07) is 5.64. The molecule has 0 unspecified atom stereocenters. The van der Waals surface area contributed by atoms with E-state index in [1.54, 1.807) is 30.9 Å². The van der Waals surface area contributed by atoms with Crippen LogP contribution >= 0.6 is 11.3 Å². The van der Waals surface area contributed by atoms with Crippen LogP contribution in [-0.2, 0) is 16.0 Å². The number of piperazine rings is 1. The number of carbonyl (C=O) groups excluding carboxylic acids is 2. The van der Waals surface area contributed by atoms with Gasteiger partial charge in [0.2, 0.25) is 11.8 Å². The third-order valence-corrected chi connectivity index (χ3v) is 5.53. The number of hydrogen-bond acceptors (Lipinski definition) is 6. The SMILES string of the molecule is COc1ccc(-c2nc(CC(=O)N3CCN(C(C)=O)CC3)cs2)cc1OC. The maximum absolute atomic E-state index is 12.5. The van der Waals surface area contributed by atoms with E-state index in [1.807, 2.05) is 23.6 Å². The Morgan fingerprint density at radius 1 is 1.07 bits per heavy atom. The van der Waals surface area contributed by atoms with Crippen LogP contribution in [-0.4, -0.2) is 67.0 Å². The maximum Gasteiger partial charge on any atom is 0.228 e. The largest absolute Gasteiger partial charge is 0.493 e. The molecule has 1 aliphatic heterocycles. The summed E-state index contributed by atoms with van der Waals surface area (Å²) in [5.74, 6) is 1.41. The highest BCUT2D eigenvalue weighted by Crippen LogP contribution is 2.33. The average Bonchev–Trinajstić information content (AvgIpc) is 3.15. The Morgan fingerprint density at radius 3 is 2.37 bits per heavy atom. The highest BCUT2D eigenvalue weighted by Gasteiger charge is 2.23. The summed E-state index contributed by atoms with van der Waals surface area (Å²) in [4.78, 5) is 32.1. The number of amides is 2. The zero-order valence-electron chi connectivity index (χ0n) is 15.7. The van der Waals surface area contributed by atoms with Crippen molar-refractivity contribution in [3.63, 3.8) is 0 Å². The molecule has 7 nitrogen and oxygen atoms in total. The van der Waals surface area contributed by atoms with Crippen LogP contribution in [0.25, 0.3) is 10.6 Å². The van der Waals surface area contributed by atoms with Crippen LogP contribution in [0.5, 0.6) is 11.5 Å². The molecule has 2 aromatic rings. The van der Waals surface area contributed by atoms with E-state index in [2.05, 4.69) is 4.98 Å².